The molecule has 1 aromatic heterocycles. The SMILES string of the molecule is Cc1cnn(C(C)C(C)NCC(=O)N2CCOC(C)C2)c1. The van der Waals surface area contributed by atoms with Crippen molar-refractivity contribution in [3.05, 3.63) is 18.0 Å². The van der Waals surface area contributed by atoms with Gasteiger partial charge in [-0.15, -0.1) is 0 Å². The van der Waals surface area contributed by atoms with Crippen molar-refractivity contribution in [2.75, 3.05) is 26.2 Å². The van der Waals surface area contributed by atoms with E-state index in [1.54, 1.807) is 0 Å². The maximum Gasteiger partial charge on any atom is 0.236 e. The monoisotopic (exact) mass is 294 g/mol. The predicted octanol–water partition coefficient (Wildman–Crippen LogP) is 0.978. The van der Waals surface area contributed by atoms with Crippen molar-refractivity contribution in [2.45, 2.75) is 45.9 Å². The molecule has 0 aliphatic carbocycles. The van der Waals surface area contributed by atoms with E-state index in [9.17, 15) is 4.79 Å². The van der Waals surface area contributed by atoms with Gasteiger partial charge in [0.25, 0.3) is 0 Å². The highest BCUT2D eigenvalue weighted by Gasteiger charge is 2.22. The molecule has 0 spiro atoms. The molecule has 2 heterocycles. The molecule has 1 saturated heterocycles. The van der Waals surface area contributed by atoms with Crippen LogP contribution in [0.1, 0.15) is 32.4 Å². The molecule has 6 nitrogen and oxygen atoms in total. The molecule has 0 aromatic carbocycles. The number of aromatic nitrogens is 2. The van der Waals surface area contributed by atoms with Crippen LogP contribution in [-0.4, -0.2) is 59.0 Å². The van der Waals surface area contributed by atoms with Gasteiger partial charge in [-0.25, -0.2) is 0 Å². The highest BCUT2D eigenvalue weighted by Crippen LogP contribution is 2.11. The molecule has 3 unspecified atom stereocenters. The summed E-state index contributed by atoms with van der Waals surface area (Å²) in [4.78, 5) is 14.1. The van der Waals surface area contributed by atoms with E-state index in [1.165, 1.54) is 0 Å². The molecule has 3 atom stereocenters. The topological polar surface area (TPSA) is 59.4 Å². The second kappa shape index (κ2) is 7.04. The van der Waals surface area contributed by atoms with Gasteiger partial charge < -0.3 is 15.0 Å². The van der Waals surface area contributed by atoms with Gasteiger partial charge in [0, 0.05) is 25.3 Å². The number of hydrogen-bond donors (Lipinski definition) is 1. The van der Waals surface area contributed by atoms with Crippen LogP contribution >= 0.6 is 0 Å². The molecule has 6 heteroatoms. The van der Waals surface area contributed by atoms with E-state index in [2.05, 4.69) is 24.3 Å². The number of rotatable bonds is 5. The van der Waals surface area contributed by atoms with Gasteiger partial charge >= 0.3 is 0 Å². The summed E-state index contributed by atoms with van der Waals surface area (Å²) in [5.74, 6) is 0.140. The number of amides is 1. The Bertz CT molecular complexity index is 474. The smallest absolute Gasteiger partial charge is 0.236 e. The first-order valence-corrected chi connectivity index (χ1v) is 7.61. The first kappa shape index (κ1) is 16.0. The average Bonchev–Trinajstić information content (AvgIpc) is 2.90. The number of nitrogens with one attached hydrogen (secondary N) is 1. The van der Waals surface area contributed by atoms with E-state index in [4.69, 9.17) is 4.74 Å². The van der Waals surface area contributed by atoms with Crippen LogP contribution in [0, 0.1) is 6.92 Å². The third kappa shape index (κ3) is 4.28. The predicted molar refractivity (Wildman–Crippen MR) is 81.1 cm³/mol. The average molecular weight is 294 g/mol. The summed E-state index contributed by atoms with van der Waals surface area (Å²) in [6.07, 6.45) is 4.00. The van der Waals surface area contributed by atoms with Crippen LogP contribution in [0.15, 0.2) is 12.4 Å². The van der Waals surface area contributed by atoms with E-state index in [0.29, 0.717) is 26.2 Å². The summed E-state index contributed by atoms with van der Waals surface area (Å²) >= 11 is 0. The van der Waals surface area contributed by atoms with Crippen molar-refractivity contribution in [3.63, 3.8) is 0 Å². The van der Waals surface area contributed by atoms with Gasteiger partial charge in [-0.2, -0.15) is 5.10 Å². The Morgan fingerprint density at radius 3 is 2.95 bits per heavy atom. The van der Waals surface area contributed by atoms with Crippen molar-refractivity contribution in [1.82, 2.24) is 20.0 Å². The molecule has 1 N–H and O–H groups in total. The molecule has 1 aromatic rings. The van der Waals surface area contributed by atoms with Crippen LogP contribution in [0.5, 0.6) is 0 Å². The van der Waals surface area contributed by atoms with E-state index in [0.717, 1.165) is 5.56 Å². The van der Waals surface area contributed by atoms with Crippen LogP contribution in [-0.2, 0) is 9.53 Å². The first-order chi connectivity index (χ1) is 9.97. The molecule has 21 heavy (non-hydrogen) atoms. The van der Waals surface area contributed by atoms with Crippen molar-refractivity contribution >= 4 is 5.91 Å². The maximum atomic E-state index is 12.2. The summed E-state index contributed by atoms with van der Waals surface area (Å²) in [6, 6.07) is 0.377. The van der Waals surface area contributed by atoms with Gasteiger partial charge in [0.1, 0.15) is 0 Å². The molecule has 1 fully saturated rings. The Balaban J connectivity index is 1.80. The lowest BCUT2D eigenvalue weighted by atomic mass is 10.1. The summed E-state index contributed by atoms with van der Waals surface area (Å²) < 4.78 is 7.40. The Morgan fingerprint density at radius 1 is 1.57 bits per heavy atom. The lowest BCUT2D eigenvalue weighted by Crippen LogP contribution is -2.49. The highest BCUT2D eigenvalue weighted by molar-refractivity contribution is 5.78. The van der Waals surface area contributed by atoms with Crippen LogP contribution < -0.4 is 5.32 Å². The molecular weight excluding hydrogens is 268 g/mol. The molecular formula is C15H26N4O2. The normalized spacial score (nSPS) is 22.1. The van der Waals surface area contributed by atoms with E-state index in [-0.39, 0.29) is 24.1 Å². The number of nitrogens with zero attached hydrogens (tertiary/aromatic N) is 3. The zero-order valence-electron chi connectivity index (χ0n) is 13.4. The summed E-state index contributed by atoms with van der Waals surface area (Å²) in [5.41, 5.74) is 1.15. The van der Waals surface area contributed by atoms with Crippen molar-refractivity contribution in [1.29, 1.82) is 0 Å². The van der Waals surface area contributed by atoms with E-state index >= 15 is 0 Å². The minimum Gasteiger partial charge on any atom is -0.375 e. The molecule has 2 rings (SSSR count). The van der Waals surface area contributed by atoms with Gasteiger partial charge in [-0.3, -0.25) is 9.48 Å². The van der Waals surface area contributed by atoms with E-state index < -0.39 is 0 Å². The largest absolute Gasteiger partial charge is 0.375 e. The van der Waals surface area contributed by atoms with Crippen LogP contribution in [0.25, 0.3) is 0 Å². The van der Waals surface area contributed by atoms with Crippen molar-refractivity contribution < 1.29 is 9.53 Å². The van der Waals surface area contributed by atoms with Crippen LogP contribution in [0.4, 0.5) is 0 Å². The lowest BCUT2D eigenvalue weighted by Gasteiger charge is -2.32. The second-order valence-corrected chi connectivity index (χ2v) is 5.93. The van der Waals surface area contributed by atoms with Gasteiger partial charge in [0.2, 0.25) is 5.91 Å². The minimum absolute atomic E-state index is 0.131. The van der Waals surface area contributed by atoms with Crippen LogP contribution in [0.3, 0.4) is 0 Å². The lowest BCUT2D eigenvalue weighted by molar-refractivity contribution is -0.137. The number of morpholine rings is 1. The highest BCUT2D eigenvalue weighted by atomic mass is 16.5. The number of carbonyl (C=O) groups is 1. The van der Waals surface area contributed by atoms with E-state index in [1.807, 2.05) is 35.8 Å². The maximum absolute atomic E-state index is 12.2. The quantitative estimate of drug-likeness (QED) is 0.879. The number of carbonyl (C=O) groups excluding carboxylic acids is 1. The fourth-order valence-electron chi connectivity index (χ4n) is 2.46. The van der Waals surface area contributed by atoms with Crippen molar-refractivity contribution in [3.8, 4) is 0 Å². The number of hydrogen-bond acceptors (Lipinski definition) is 4. The zero-order chi connectivity index (χ0) is 15.4. The molecule has 0 radical (unpaired) electrons. The number of aryl methyl sites for hydroxylation is 1. The molecule has 1 aliphatic heterocycles. The van der Waals surface area contributed by atoms with Crippen molar-refractivity contribution in [2.24, 2.45) is 0 Å². The number of ether oxygens (including phenoxy) is 1. The van der Waals surface area contributed by atoms with Gasteiger partial charge in [0.05, 0.1) is 31.5 Å². The molecule has 0 saturated carbocycles. The molecule has 1 aliphatic rings. The molecule has 0 bridgehead atoms. The summed E-state index contributed by atoms with van der Waals surface area (Å²) in [6.45, 7) is 10.6. The molecule has 118 valence electrons. The van der Waals surface area contributed by atoms with Gasteiger partial charge in [-0.1, -0.05) is 0 Å². The Morgan fingerprint density at radius 2 is 2.33 bits per heavy atom. The zero-order valence-corrected chi connectivity index (χ0v) is 13.4. The third-order valence-corrected chi connectivity index (χ3v) is 4.04. The third-order valence-electron chi connectivity index (χ3n) is 4.04. The van der Waals surface area contributed by atoms with Gasteiger partial charge in [-0.05, 0) is 33.3 Å². The Kier molecular flexibility index (Phi) is 5.36. The summed E-state index contributed by atoms with van der Waals surface area (Å²) in [5, 5.41) is 7.64. The second-order valence-electron chi connectivity index (χ2n) is 5.93. The Labute approximate surface area is 126 Å². The standard InChI is InChI=1S/C15H26N4O2/c1-11-7-17-19(9-11)14(4)13(3)16-8-15(20)18-5-6-21-12(2)10-18/h7,9,12-14,16H,5-6,8,10H2,1-4H3. The first-order valence-electron chi connectivity index (χ1n) is 7.61. The molecule has 1 amide bonds. The summed E-state index contributed by atoms with van der Waals surface area (Å²) in [7, 11) is 0. The fourth-order valence-corrected chi connectivity index (χ4v) is 2.46. The fraction of sp³-hybridized carbons (Fsp3) is 0.733. The Hall–Kier alpha value is -1.40. The minimum atomic E-state index is 0.131. The van der Waals surface area contributed by atoms with Crippen LogP contribution in [0.2, 0.25) is 0 Å². The van der Waals surface area contributed by atoms with Gasteiger partial charge in [0.15, 0.2) is 0 Å².